The van der Waals surface area contributed by atoms with E-state index in [-0.39, 0.29) is 5.91 Å². The molecule has 1 amide bonds. The van der Waals surface area contributed by atoms with E-state index in [4.69, 9.17) is 0 Å². The van der Waals surface area contributed by atoms with Crippen LogP contribution in [0.5, 0.6) is 0 Å². The number of amides is 1. The second-order valence-corrected chi connectivity index (χ2v) is 7.15. The number of carbonyl (C=O) groups excluding carboxylic acids is 1. The molecule has 1 saturated heterocycles. The Balaban J connectivity index is 1.86. The summed E-state index contributed by atoms with van der Waals surface area (Å²) in [7, 11) is 6.13. The lowest BCUT2D eigenvalue weighted by molar-refractivity contribution is 0.0658. The number of piperazine rings is 1. The van der Waals surface area contributed by atoms with E-state index >= 15 is 0 Å². The standard InChI is InChI=1S/C20H28N6O/c1-24(2)10-9-21-18-15-17(20(27)26-13-11-25(3)12-14-26)22-19(23-18)16-7-5-4-6-8-16/h4-8,15H,9-14H2,1-3H3,(H,21,22,23). The molecular formula is C20H28N6O. The molecular weight excluding hydrogens is 340 g/mol. The highest BCUT2D eigenvalue weighted by Gasteiger charge is 2.22. The summed E-state index contributed by atoms with van der Waals surface area (Å²) in [5.74, 6) is 1.23. The maximum Gasteiger partial charge on any atom is 0.272 e. The predicted octanol–water partition coefficient (Wildman–Crippen LogP) is 1.50. The average molecular weight is 368 g/mol. The second-order valence-electron chi connectivity index (χ2n) is 7.15. The molecule has 2 heterocycles. The SMILES string of the molecule is CN(C)CCNc1cc(C(=O)N2CCN(C)CC2)nc(-c2ccccc2)n1. The van der Waals surface area contributed by atoms with Gasteiger partial charge in [0.2, 0.25) is 0 Å². The van der Waals surface area contributed by atoms with Crippen molar-refractivity contribution in [3.05, 3.63) is 42.1 Å². The highest BCUT2D eigenvalue weighted by molar-refractivity contribution is 5.93. The Hall–Kier alpha value is -2.51. The van der Waals surface area contributed by atoms with Crippen LogP contribution >= 0.6 is 0 Å². The summed E-state index contributed by atoms with van der Waals surface area (Å²) in [5.41, 5.74) is 1.35. The van der Waals surface area contributed by atoms with Gasteiger partial charge in [-0.2, -0.15) is 0 Å². The van der Waals surface area contributed by atoms with Crippen LogP contribution in [-0.4, -0.2) is 91.0 Å². The largest absolute Gasteiger partial charge is 0.369 e. The zero-order valence-corrected chi connectivity index (χ0v) is 16.4. The third-order valence-electron chi connectivity index (χ3n) is 4.63. The molecule has 144 valence electrons. The van der Waals surface area contributed by atoms with Crippen LogP contribution in [0, 0.1) is 0 Å². The van der Waals surface area contributed by atoms with Crippen molar-refractivity contribution in [3.8, 4) is 11.4 Å². The third-order valence-corrected chi connectivity index (χ3v) is 4.63. The molecule has 1 aliphatic rings. The Labute approximate surface area is 161 Å². The fraction of sp³-hybridized carbons (Fsp3) is 0.450. The van der Waals surface area contributed by atoms with Crippen molar-refractivity contribution < 1.29 is 4.79 Å². The van der Waals surface area contributed by atoms with Gasteiger partial charge in [0.1, 0.15) is 11.5 Å². The van der Waals surface area contributed by atoms with Gasteiger partial charge in [0.05, 0.1) is 0 Å². The summed E-state index contributed by atoms with van der Waals surface area (Å²) in [6, 6.07) is 11.5. The first-order valence-electron chi connectivity index (χ1n) is 9.34. The Bertz CT molecular complexity index is 756. The fourth-order valence-corrected chi connectivity index (χ4v) is 2.94. The molecule has 2 aromatic rings. The normalized spacial score (nSPS) is 15.2. The third kappa shape index (κ3) is 5.24. The zero-order valence-electron chi connectivity index (χ0n) is 16.4. The molecule has 1 aromatic carbocycles. The molecule has 1 aromatic heterocycles. The van der Waals surface area contributed by atoms with Gasteiger partial charge in [-0.15, -0.1) is 0 Å². The highest BCUT2D eigenvalue weighted by atomic mass is 16.2. The van der Waals surface area contributed by atoms with Gasteiger partial charge in [-0.1, -0.05) is 30.3 Å². The van der Waals surface area contributed by atoms with Crippen LogP contribution in [0.1, 0.15) is 10.5 Å². The Morgan fingerprint density at radius 1 is 1.11 bits per heavy atom. The van der Waals surface area contributed by atoms with Crippen LogP contribution in [0.25, 0.3) is 11.4 Å². The summed E-state index contributed by atoms with van der Waals surface area (Å²) in [6.45, 7) is 4.85. The molecule has 1 N–H and O–H groups in total. The Kier molecular flexibility index (Phi) is 6.36. The molecule has 0 bridgehead atoms. The lowest BCUT2D eigenvalue weighted by Gasteiger charge is -2.32. The smallest absolute Gasteiger partial charge is 0.272 e. The number of anilines is 1. The summed E-state index contributed by atoms with van der Waals surface area (Å²) in [4.78, 5) is 28.4. The van der Waals surface area contributed by atoms with Gasteiger partial charge in [0, 0.05) is 50.9 Å². The summed E-state index contributed by atoms with van der Waals surface area (Å²) in [6.07, 6.45) is 0. The van der Waals surface area contributed by atoms with Crippen molar-refractivity contribution in [2.75, 3.05) is 65.7 Å². The molecule has 0 spiro atoms. The Morgan fingerprint density at radius 3 is 2.48 bits per heavy atom. The van der Waals surface area contributed by atoms with E-state index < -0.39 is 0 Å². The first-order chi connectivity index (χ1) is 13.0. The zero-order chi connectivity index (χ0) is 19.2. The van der Waals surface area contributed by atoms with E-state index in [1.165, 1.54) is 0 Å². The molecule has 3 rings (SSSR count). The molecule has 7 heteroatoms. The minimum atomic E-state index is -0.0293. The maximum absolute atomic E-state index is 13.0. The average Bonchev–Trinajstić information content (AvgIpc) is 2.68. The van der Waals surface area contributed by atoms with E-state index in [1.807, 2.05) is 49.3 Å². The number of hydrogen-bond acceptors (Lipinski definition) is 6. The summed E-state index contributed by atoms with van der Waals surface area (Å²) in [5, 5.41) is 3.32. The lowest BCUT2D eigenvalue weighted by atomic mass is 10.2. The monoisotopic (exact) mass is 368 g/mol. The minimum Gasteiger partial charge on any atom is -0.369 e. The van der Waals surface area contributed by atoms with E-state index in [0.29, 0.717) is 17.3 Å². The fourth-order valence-electron chi connectivity index (χ4n) is 2.94. The number of nitrogens with zero attached hydrogens (tertiary/aromatic N) is 5. The maximum atomic E-state index is 13.0. The van der Waals surface area contributed by atoms with Crippen LogP contribution in [-0.2, 0) is 0 Å². The van der Waals surface area contributed by atoms with E-state index in [9.17, 15) is 4.79 Å². The summed E-state index contributed by atoms with van der Waals surface area (Å²) >= 11 is 0. The van der Waals surface area contributed by atoms with Crippen LogP contribution in [0.4, 0.5) is 5.82 Å². The van der Waals surface area contributed by atoms with Gasteiger partial charge in [0.25, 0.3) is 5.91 Å². The van der Waals surface area contributed by atoms with Crippen molar-refractivity contribution in [1.29, 1.82) is 0 Å². The molecule has 0 saturated carbocycles. The highest BCUT2D eigenvalue weighted by Crippen LogP contribution is 2.19. The quantitative estimate of drug-likeness (QED) is 0.834. The topological polar surface area (TPSA) is 64.6 Å². The van der Waals surface area contributed by atoms with Gasteiger partial charge in [0.15, 0.2) is 5.82 Å². The van der Waals surface area contributed by atoms with Crippen LogP contribution in [0.3, 0.4) is 0 Å². The number of nitrogens with one attached hydrogen (secondary N) is 1. The molecule has 0 atom stereocenters. The van der Waals surface area contributed by atoms with Crippen LogP contribution in [0.15, 0.2) is 36.4 Å². The minimum absolute atomic E-state index is 0.0293. The number of likely N-dealkylation sites (N-methyl/N-ethyl adjacent to an activating group) is 2. The van der Waals surface area contributed by atoms with Gasteiger partial charge < -0.3 is 20.0 Å². The number of benzene rings is 1. The van der Waals surface area contributed by atoms with Crippen molar-refractivity contribution >= 4 is 11.7 Å². The second kappa shape index (κ2) is 8.92. The van der Waals surface area contributed by atoms with Crippen molar-refractivity contribution in [2.45, 2.75) is 0 Å². The van der Waals surface area contributed by atoms with Gasteiger partial charge >= 0.3 is 0 Å². The first kappa shape index (κ1) is 19.3. The van der Waals surface area contributed by atoms with E-state index in [1.54, 1.807) is 6.07 Å². The van der Waals surface area contributed by atoms with Crippen molar-refractivity contribution in [1.82, 2.24) is 24.7 Å². The molecule has 27 heavy (non-hydrogen) atoms. The molecule has 1 fully saturated rings. The van der Waals surface area contributed by atoms with E-state index in [2.05, 4.69) is 32.1 Å². The number of hydrogen-bond donors (Lipinski definition) is 1. The van der Waals surface area contributed by atoms with Crippen molar-refractivity contribution in [2.24, 2.45) is 0 Å². The molecule has 0 radical (unpaired) electrons. The first-order valence-corrected chi connectivity index (χ1v) is 9.34. The van der Waals surface area contributed by atoms with Gasteiger partial charge in [-0.05, 0) is 21.1 Å². The number of rotatable bonds is 6. The Morgan fingerprint density at radius 2 is 1.81 bits per heavy atom. The molecule has 0 unspecified atom stereocenters. The van der Waals surface area contributed by atoms with Gasteiger partial charge in [-0.3, -0.25) is 4.79 Å². The number of aromatic nitrogens is 2. The lowest BCUT2D eigenvalue weighted by Crippen LogP contribution is -2.47. The summed E-state index contributed by atoms with van der Waals surface area (Å²) < 4.78 is 0. The molecule has 1 aliphatic heterocycles. The van der Waals surface area contributed by atoms with Crippen molar-refractivity contribution in [3.63, 3.8) is 0 Å². The van der Waals surface area contributed by atoms with Gasteiger partial charge in [-0.25, -0.2) is 9.97 Å². The van der Waals surface area contributed by atoms with E-state index in [0.717, 1.165) is 44.8 Å². The van der Waals surface area contributed by atoms with Crippen LogP contribution in [0.2, 0.25) is 0 Å². The molecule has 0 aliphatic carbocycles. The number of carbonyl (C=O) groups is 1. The van der Waals surface area contributed by atoms with Crippen LogP contribution < -0.4 is 5.32 Å². The predicted molar refractivity (Wildman–Crippen MR) is 108 cm³/mol. The molecule has 7 nitrogen and oxygen atoms in total.